The molecule has 4 rings (SSSR count). The molecule has 0 aliphatic carbocycles. The van der Waals surface area contributed by atoms with Gasteiger partial charge in [-0.15, -0.1) is 0 Å². The van der Waals surface area contributed by atoms with Crippen LogP contribution >= 0.6 is 0 Å². The highest BCUT2D eigenvalue weighted by Crippen LogP contribution is 2.37. The van der Waals surface area contributed by atoms with Crippen LogP contribution in [0.2, 0.25) is 0 Å². The first-order valence-electron chi connectivity index (χ1n) is 11.1. The maximum absolute atomic E-state index is 11.1. The minimum absolute atomic E-state index is 0.102. The van der Waals surface area contributed by atoms with Crippen molar-refractivity contribution in [1.82, 2.24) is 9.97 Å². The number of carboxylic acids is 1. The lowest BCUT2D eigenvalue weighted by Gasteiger charge is -2.20. The van der Waals surface area contributed by atoms with Crippen LogP contribution in [-0.4, -0.2) is 54.5 Å². The second kappa shape index (κ2) is 10.7. The SMILES string of the molecule is CCOc1cc(-c2cc(NCCc3cc4c(cc3OC)OCCO4)ncn2)ccc1CC(=O)O. The van der Waals surface area contributed by atoms with Crippen molar-refractivity contribution in [3.8, 4) is 34.3 Å². The Labute approximate surface area is 197 Å². The van der Waals surface area contributed by atoms with Crippen molar-refractivity contribution < 1.29 is 28.8 Å². The Balaban J connectivity index is 1.46. The Morgan fingerprint density at radius 2 is 1.85 bits per heavy atom. The fraction of sp³-hybridized carbons (Fsp3) is 0.320. The number of ether oxygens (including phenoxy) is 4. The lowest BCUT2D eigenvalue weighted by atomic mass is 10.1. The van der Waals surface area contributed by atoms with Crippen molar-refractivity contribution in [2.45, 2.75) is 19.8 Å². The Hall–Kier alpha value is -4.01. The van der Waals surface area contributed by atoms with Crippen molar-refractivity contribution in [2.24, 2.45) is 0 Å². The lowest BCUT2D eigenvalue weighted by molar-refractivity contribution is -0.136. The summed E-state index contributed by atoms with van der Waals surface area (Å²) in [6.45, 7) is 3.98. The van der Waals surface area contributed by atoms with Crippen LogP contribution in [0.25, 0.3) is 11.3 Å². The lowest BCUT2D eigenvalue weighted by Crippen LogP contribution is -2.16. The summed E-state index contributed by atoms with van der Waals surface area (Å²) < 4.78 is 22.5. The molecular weight excluding hydrogens is 438 g/mol. The number of rotatable bonds is 10. The number of hydrogen-bond acceptors (Lipinski definition) is 8. The van der Waals surface area contributed by atoms with E-state index in [-0.39, 0.29) is 6.42 Å². The molecular formula is C25H27N3O6. The van der Waals surface area contributed by atoms with Crippen LogP contribution in [0.4, 0.5) is 5.82 Å². The van der Waals surface area contributed by atoms with Crippen LogP contribution in [0.3, 0.4) is 0 Å². The van der Waals surface area contributed by atoms with Crippen molar-refractivity contribution in [3.63, 3.8) is 0 Å². The number of aliphatic carboxylic acids is 1. The highest BCUT2D eigenvalue weighted by Gasteiger charge is 2.16. The number of benzene rings is 2. The summed E-state index contributed by atoms with van der Waals surface area (Å²) in [5.74, 6) is 2.48. The predicted molar refractivity (Wildman–Crippen MR) is 126 cm³/mol. The fourth-order valence-electron chi connectivity index (χ4n) is 3.75. The van der Waals surface area contributed by atoms with Gasteiger partial charge in [-0.2, -0.15) is 0 Å². The highest BCUT2D eigenvalue weighted by molar-refractivity contribution is 5.73. The normalized spacial score (nSPS) is 12.2. The number of anilines is 1. The molecule has 9 nitrogen and oxygen atoms in total. The molecule has 0 amide bonds. The van der Waals surface area contributed by atoms with E-state index in [1.165, 1.54) is 6.33 Å². The minimum atomic E-state index is -0.906. The number of nitrogens with zero attached hydrogens (tertiary/aromatic N) is 2. The molecule has 2 N–H and O–H groups in total. The molecule has 34 heavy (non-hydrogen) atoms. The zero-order valence-electron chi connectivity index (χ0n) is 19.2. The molecule has 0 saturated heterocycles. The van der Waals surface area contributed by atoms with Gasteiger partial charge in [-0.3, -0.25) is 4.79 Å². The fourth-order valence-corrected chi connectivity index (χ4v) is 3.75. The van der Waals surface area contributed by atoms with Gasteiger partial charge in [0.15, 0.2) is 11.5 Å². The van der Waals surface area contributed by atoms with Crippen LogP contribution in [0.15, 0.2) is 42.7 Å². The number of carbonyl (C=O) groups is 1. The topological polar surface area (TPSA) is 112 Å². The summed E-state index contributed by atoms with van der Waals surface area (Å²) in [5, 5.41) is 12.5. The number of nitrogens with one attached hydrogen (secondary N) is 1. The first-order chi connectivity index (χ1) is 16.6. The molecule has 9 heteroatoms. The van der Waals surface area contributed by atoms with E-state index >= 15 is 0 Å². The smallest absolute Gasteiger partial charge is 0.307 e. The standard InChI is InChI=1S/C25H27N3O6/c1-3-32-21-10-16(4-5-17(21)12-25(29)30)19-13-24(28-15-27-19)26-7-6-18-11-22-23(14-20(18)31-2)34-9-8-33-22/h4-5,10-11,13-15H,3,6-9,12H2,1-2H3,(H,29,30)(H,26,27,28). The van der Waals surface area contributed by atoms with Gasteiger partial charge in [-0.25, -0.2) is 9.97 Å². The summed E-state index contributed by atoms with van der Waals surface area (Å²) >= 11 is 0. The average Bonchev–Trinajstić information content (AvgIpc) is 2.84. The molecule has 3 aromatic rings. The Kier molecular flexibility index (Phi) is 7.31. The molecule has 2 heterocycles. The van der Waals surface area contributed by atoms with E-state index in [1.807, 2.05) is 37.3 Å². The van der Waals surface area contributed by atoms with E-state index in [0.29, 0.717) is 61.4 Å². The maximum atomic E-state index is 11.1. The first-order valence-corrected chi connectivity index (χ1v) is 11.1. The number of fused-ring (bicyclic) bond motifs is 1. The van der Waals surface area contributed by atoms with Crippen LogP contribution in [-0.2, 0) is 17.6 Å². The molecule has 1 aliphatic rings. The molecule has 0 radical (unpaired) electrons. The maximum Gasteiger partial charge on any atom is 0.307 e. The van der Waals surface area contributed by atoms with E-state index < -0.39 is 5.97 Å². The summed E-state index contributed by atoms with van der Waals surface area (Å²) in [4.78, 5) is 19.8. The van der Waals surface area contributed by atoms with Crippen LogP contribution in [0, 0.1) is 0 Å². The van der Waals surface area contributed by atoms with Gasteiger partial charge in [0.1, 0.15) is 36.9 Å². The molecule has 1 aromatic heterocycles. The molecule has 0 atom stereocenters. The summed E-state index contributed by atoms with van der Waals surface area (Å²) in [7, 11) is 1.64. The summed E-state index contributed by atoms with van der Waals surface area (Å²) in [5.41, 5.74) is 3.15. The number of methoxy groups -OCH3 is 1. The Morgan fingerprint density at radius 1 is 1.06 bits per heavy atom. The van der Waals surface area contributed by atoms with Crippen LogP contribution < -0.4 is 24.3 Å². The number of aromatic nitrogens is 2. The quantitative estimate of drug-likeness (QED) is 0.464. The molecule has 0 spiro atoms. The third-order valence-corrected chi connectivity index (χ3v) is 5.32. The van der Waals surface area contributed by atoms with E-state index in [0.717, 1.165) is 22.6 Å². The Morgan fingerprint density at radius 3 is 2.59 bits per heavy atom. The zero-order valence-corrected chi connectivity index (χ0v) is 19.2. The van der Waals surface area contributed by atoms with Crippen molar-refractivity contribution in [2.75, 3.05) is 38.8 Å². The number of hydrogen-bond donors (Lipinski definition) is 2. The molecule has 178 valence electrons. The molecule has 0 fully saturated rings. The first kappa shape index (κ1) is 23.2. The van der Waals surface area contributed by atoms with E-state index in [1.54, 1.807) is 13.2 Å². The van der Waals surface area contributed by atoms with Crippen LogP contribution in [0.5, 0.6) is 23.0 Å². The second-order valence-corrected chi connectivity index (χ2v) is 7.60. The predicted octanol–water partition coefficient (Wildman–Crippen LogP) is 3.60. The molecule has 0 saturated carbocycles. The van der Waals surface area contributed by atoms with Gasteiger partial charge in [0, 0.05) is 29.8 Å². The number of carboxylic acid groups (broad SMARTS) is 1. The van der Waals surface area contributed by atoms with Gasteiger partial charge in [-0.05, 0) is 31.0 Å². The average molecular weight is 466 g/mol. The monoisotopic (exact) mass is 465 g/mol. The molecule has 1 aliphatic heterocycles. The largest absolute Gasteiger partial charge is 0.496 e. The van der Waals surface area contributed by atoms with Gasteiger partial charge in [0.2, 0.25) is 0 Å². The molecule has 2 aromatic carbocycles. The second-order valence-electron chi connectivity index (χ2n) is 7.60. The van der Waals surface area contributed by atoms with Crippen LogP contribution in [0.1, 0.15) is 18.1 Å². The van der Waals surface area contributed by atoms with Gasteiger partial charge >= 0.3 is 5.97 Å². The molecule has 0 unspecified atom stereocenters. The van der Waals surface area contributed by atoms with Gasteiger partial charge < -0.3 is 29.4 Å². The third kappa shape index (κ3) is 5.48. The highest BCUT2D eigenvalue weighted by atomic mass is 16.6. The Bertz CT molecular complexity index is 1170. The van der Waals surface area contributed by atoms with Gasteiger partial charge in [0.05, 0.1) is 25.8 Å². The summed E-state index contributed by atoms with van der Waals surface area (Å²) in [6, 6.07) is 11.1. The van der Waals surface area contributed by atoms with Gasteiger partial charge in [-0.1, -0.05) is 12.1 Å². The molecule has 0 bridgehead atoms. The zero-order chi connectivity index (χ0) is 23.9. The van der Waals surface area contributed by atoms with E-state index in [9.17, 15) is 4.79 Å². The van der Waals surface area contributed by atoms with Crippen molar-refractivity contribution in [3.05, 3.63) is 53.9 Å². The third-order valence-electron chi connectivity index (χ3n) is 5.32. The van der Waals surface area contributed by atoms with Crippen molar-refractivity contribution in [1.29, 1.82) is 0 Å². The van der Waals surface area contributed by atoms with Crippen molar-refractivity contribution >= 4 is 11.8 Å². The van der Waals surface area contributed by atoms with Gasteiger partial charge in [0.25, 0.3) is 0 Å². The minimum Gasteiger partial charge on any atom is -0.496 e. The van der Waals surface area contributed by atoms with E-state index in [2.05, 4.69) is 15.3 Å². The summed E-state index contributed by atoms with van der Waals surface area (Å²) in [6.07, 6.45) is 2.08. The van der Waals surface area contributed by atoms with E-state index in [4.69, 9.17) is 24.1 Å².